The minimum Gasteiger partial charge on any atom is -0.285 e. The van der Waals surface area contributed by atoms with Gasteiger partial charge < -0.3 is 0 Å². The summed E-state index contributed by atoms with van der Waals surface area (Å²) in [4.78, 5) is 1.96. The van der Waals surface area contributed by atoms with Gasteiger partial charge in [0.25, 0.3) is 0 Å². The fourth-order valence-electron chi connectivity index (χ4n) is 2.11. The molecule has 1 heterocycles. The lowest BCUT2D eigenvalue weighted by molar-refractivity contribution is 0.159. The van der Waals surface area contributed by atoms with Crippen molar-refractivity contribution >= 4 is 19.9 Å². The quantitative estimate of drug-likeness (QED) is 0.640. The van der Waals surface area contributed by atoms with Gasteiger partial charge in [0.15, 0.2) is 0 Å². The molecule has 1 saturated heterocycles. The Bertz CT molecular complexity index is 557. The minimum absolute atomic E-state index is 0.184. The summed E-state index contributed by atoms with van der Waals surface area (Å²) >= 11 is 0. The second-order valence-electron chi connectivity index (χ2n) is 4.93. The average molecular weight is 323 g/mol. The lowest BCUT2D eigenvalue weighted by Crippen LogP contribution is -2.52. The maximum atomic E-state index is 12.0. The first kappa shape index (κ1) is 17.4. The number of piperazine rings is 1. The van der Waals surface area contributed by atoms with Gasteiger partial charge in [-0.2, -0.15) is 9.57 Å². The van der Waals surface area contributed by atoms with E-state index in [2.05, 4.69) is 6.07 Å². The molecule has 9 heteroatoms. The Morgan fingerprint density at radius 1 is 1.10 bits per heavy atom. The molecule has 0 aromatic rings. The highest BCUT2D eigenvalue weighted by molar-refractivity contribution is 7.93. The molecule has 0 bridgehead atoms. The van der Waals surface area contributed by atoms with Crippen molar-refractivity contribution in [3.05, 3.63) is 0 Å². The average Bonchev–Trinajstić information content (AvgIpc) is 2.38. The summed E-state index contributed by atoms with van der Waals surface area (Å²) in [6.07, 6.45) is 1.73. The summed E-state index contributed by atoms with van der Waals surface area (Å²) in [5.74, 6) is -0.730. The summed E-state index contributed by atoms with van der Waals surface area (Å²) in [5.41, 5.74) is 0. The molecule has 1 unspecified atom stereocenters. The van der Waals surface area contributed by atoms with Crippen LogP contribution in [0.25, 0.3) is 0 Å². The Balaban J connectivity index is 2.59. The summed E-state index contributed by atoms with van der Waals surface area (Å²) < 4.78 is 47.5. The summed E-state index contributed by atoms with van der Waals surface area (Å²) in [7, 11) is -6.82. The van der Waals surface area contributed by atoms with Gasteiger partial charge >= 0.3 is 0 Å². The molecule has 1 fully saturated rings. The maximum absolute atomic E-state index is 12.0. The second-order valence-corrected chi connectivity index (χ2v) is 9.28. The van der Waals surface area contributed by atoms with Gasteiger partial charge in [-0.05, 0) is 6.42 Å². The first-order chi connectivity index (χ1) is 9.19. The van der Waals surface area contributed by atoms with E-state index in [-0.39, 0.29) is 17.5 Å². The standard InChI is InChI=1S/C11H21N3O4S2/c1-3-11(10-12)13-4-6-14(7-5-13)20(17,18)9-8-19(2,15)16/h11H,3-9H2,1-2H3. The van der Waals surface area contributed by atoms with E-state index in [0.29, 0.717) is 32.6 Å². The van der Waals surface area contributed by atoms with Crippen LogP contribution in [0.1, 0.15) is 13.3 Å². The lowest BCUT2D eigenvalue weighted by Gasteiger charge is -2.35. The van der Waals surface area contributed by atoms with Crippen molar-refractivity contribution in [1.29, 1.82) is 5.26 Å². The van der Waals surface area contributed by atoms with Crippen LogP contribution >= 0.6 is 0 Å². The van der Waals surface area contributed by atoms with Gasteiger partial charge in [-0.25, -0.2) is 16.8 Å². The molecule has 0 aliphatic carbocycles. The number of sulfonamides is 1. The van der Waals surface area contributed by atoms with E-state index in [9.17, 15) is 16.8 Å². The molecule has 0 N–H and O–H groups in total. The molecule has 1 aliphatic heterocycles. The number of nitriles is 1. The zero-order valence-electron chi connectivity index (χ0n) is 11.8. The van der Waals surface area contributed by atoms with Gasteiger partial charge in [-0.3, -0.25) is 4.90 Å². The zero-order chi connectivity index (χ0) is 15.4. The zero-order valence-corrected chi connectivity index (χ0v) is 13.5. The Labute approximate surface area is 121 Å². The van der Waals surface area contributed by atoms with E-state index in [0.717, 1.165) is 6.26 Å². The molecule has 0 amide bonds. The van der Waals surface area contributed by atoms with Crippen molar-refractivity contribution in [2.24, 2.45) is 0 Å². The number of hydrogen-bond acceptors (Lipinski definition) is 6. The van der Waals surface area contributed by atoms with E-state index >= 15 is 0 Å². The topological polar surface area (TPSA) is 98.5 Å². The summed E-state index contributed by atoms with van der Waals surface area (Å²) in [5, 5.41) is 8.99. The van der Waals surface area contributed by atoms with E-state index < -0.39 is 19.9 Å². The number of sulfone groups is 1. The van der Waals surface area contributed by atoms with E-state index in [1.807, 2.05) is 11.8 Å². The van der Waals surface area contributed by atoms with Crippen LogP contribution in [0.5, 0.6) is 0 Å². The first-order valence-corrected chi connectivity index (χ1v) is 10.2. The molecule has 0 aromatic heterocycles. The minimum atomic E-state index is -3.53. The molecule has 0 radical (unpaired) electrons. The highest BCUT2D eigenvalue weighted by atomic mass is 32.2. The predicted molar refractivity (Wildman–Crippen MR) is 76.3 cm³/mol. The van der Waals surface area contributed by atoms with Crippen molar-refractivity contribution in [3.63, 3.8) is 0 Å². The van der Waals surface area contributed by atoms with E-state index in [1.165, 1.54) is 4.31 Å². The van der Waals surface area contributed by atoms with Crippen LogP contribution in [-0.2, 0) is 19.9 Å². The molecule has 20 heavy (non-hydrogen) atoms. The van der Waals surface area contributed by atoms with Gasteiger partial charge in [-0.15, -0.1) is 0 Å². The largest absolute Gasteiger partial charge is 0.285 e. The van der Waals surface area contributed by atoms with Gasteiger partial charge in [-0.1, -0.05) is 6.92 Å². The van der Waals surface area contributed by atoms with Crippen LogP contribution < -0.4 is 0 Å². The molecule has 0 spiro atoms. The summed E-state index contributed by atoms with van der Waals surface area (Å²) in [6.45, 7) is 3.55. The van der Waals surface area contributed by atoms with E-state index in [4.69, 9.17) is 5.26 Å². The number of hydrogen-bond donors (Lipinski definition) is 0. The molecule has 0 saturated carbocycles. The molecule has 7 nitrogen and oxygen atoms in total. The van der Waals surface area contributed by atoms with Crippen molar-refractivity contribution < 1.29 is 16.8 Å². The normalized spacial score (nSPS) is 20.4. The van der Waals surface area contributed by atoms with Gasteiger partial charge in [0, 0.05) is 32.4 Å². The van der Waals surface area contributed by atoms with Crippen molar-refractivity contribution in [2.75, 3.05) is 43.9 Å². The van der Waals surface area contributed by atoms with E-state index in [1.54, 1.807) is 0 Å². The molecule has 1 rings (SSSR count). The van der Waals surface area contributed by atoms with Gasteiger partial charge in [0.1, 0.15) is 9.84 Å². The van der Waals surface area contributed by atoms with Crippen molar-refractivity contribution in [1.82, 2.24) is 9.21 Å². The van der Waals surface area contributed by atoms with Gasteiger partial charge in [0.2, 0.25) is 10.0 Å². The highest BCUT2D eigenvalue weighted by Gasteiger charge is 2.29. The third kappa shape index (κ3) is 5.01. The monoisotopic (exact) mass is 323 g/mol. The molecule has 116 valence electrons. The Kier molecular flexibility index (Phi) is 5.94. The van der Waals surface area contributed by atoms with Crippen molar-refractivity contribution in [2.45, 2.75) is 19.4 Å². The Morgan fingerprint density at radius 2 is 1.65 bits per heavy atom. The molecule has 1 atom stereocenters. The van der Waals surface area contributed by atoms with Crippen LogP contribution in [0.3, 0.4) is 0 Å². The molecular weight excluding hydrogens is 302 g/mol. The highest BCUT2D eigenvalue weighted by Crippen LogP contribution is 2.12. The Hall–Kier alpha value is -0.690. The third-order valence-corrected chi connectivity index (χ3v) is 6.43. The Morgan fingerprint density at radius 3 is 2.05 bits per heavy atom. The fourth-order valence-corrected chi connectivity index (χ4v) is 5.14. The fraction of sp³-hybridized carbons (Fsp3) is 0.909. The van der Waals surface area contributed by atoms with Crippen molar-refractivity contribution in [3.8, 4) is 6.07 Å². The predicted octanol–water partition coefficient (Wildman–Crippen LogP) is -0.719. The number of nitrogens with zero attached hydrogens (tertiary/aromatic N) is 3. The first-order valence-electron chi connectivity index (χ1n) is 6.49. The molecule has 1 aliphatic rings. The van der Waals surface area contributed by atoms with Crippen LogP contribution in [0.15, 0.2) is 0 Å². The SMILES string of the molecule is CCC(C#N)N1CCN(S(=O)(=O)CCS(C)(=O)=O)CC1. The second kappa shape index (κ2) is 6.85. The third-order valence-electron chi connectivity index (χ3n) is 3.36. The molecular formula is C11H21N3O4S2. The maximum Gasteiger partial charge on any atom is 0.215 e. The lowest BCUT2D eigenvalue weighted by atomic mass is 10.2. The summed E-state index contributed by atoms with van der Waals surface area (Å²) in [6, 6.07) is 2.01. The van der Waals surface area contributed by atoms with Gasteiger partial charge in [0.05, 0.1) is 23.6 Å². The van der Waals surface area contributed by atoms with Crippen LogP contribution in [0.2, 0.25) is 0 Å². The van der Waals surface area contributed by atoms with Crippen LogP contribution in [0, 0.1) is 11.3 Å². The number of rotatable bonds is 6. The van der Waals surface area contributed by atoms with Crippen LogP contribution in [0.4, 0.5) is 0 Å². The molecule has 0 aromatic carbocycles. The smallest absolute Gasteiger partial charge is 0.215 e. The van der Waals surface area contributed by atoms with Crippen LogP contribution in [-0.4, -0.2) is 76.0 Å².